The summed E-state index contributed by atoms with van der Waals surface area (Å²) in [5, 5.41) is 4.92. The van der Waals surface area contributed by atoms with Crippen LogP contribution in [-0.4, -0.2) is 55.1 Å². The van der Waals surface area contributed by atoms with Crippen LogP contribution in [0.2, 0.25) is 0 Å². The molecule has 5 rings (SSSR count). The zero-order chi connectivity index (χ0) is 29.5. The number of carbonyl (C=O) groups is 2. The maximum Gasteiger partial charge on any atom is 0.243 e. The number of rotatable bonds is 11. The van der Waals surface area contributed by atoms with Gasteiger partial charge in [-0.2, -0.15) is 4.31 Å². The van der Waals surface area contributed by atoms with Gasteiger partial charge in [-0.1, -0.05) is 104 Å². The first kappa shape index (κ1) is 29.5. The number of carbonyl (C=O) groups excluding carboxylic acids is 2. The third-order valence-electron chi connectivity index (χ3n) is 7.96. The van der Waals surface area contributed by atoms with Crippen LogP contribution >= 0.6 is 0 Å². The predicted octanol–water partition coefficient (Wildman–Crippen LogP) is 5.16. The van der Waals surface area contributed by atoms with Crippen molar-refractivity contribution >= 4 is 32.6 Å². The van der Waals surface area contributed by atoms with Gasteiger partial charge in [-0.05, 0) is 46.9 Å². The Morgan fingerprint density at radius 1 is 0.810 bits per heavy atom. The molecule has 1 aliphatic rings. The lowest BCUT2D eigenvalue weighted by Gasteiger charge is -2.33. The molecule has 0 spiro atoms. The maximum atomic E-state index is 14.1. The summed E-state index contributed by atoms with van der Waals surface area (Å²) in [6.07, 6.45) is 4.29. The minimum absolute atomic E-state index is 0.0837. The molecule has 0 saturated heterocycles. The standard InChI is InChI=1S/C34H37N3O4S/c1-36(42(40,41)31-21-20-28-16-8-9-17-29(28)23-31)25-33(38)37(24-27-14-6-3-7-15-27)32(22-26-12-4-2-5-13-26)34(39)35-30-18-10-11-19-30/h2-9,12-17,20-21,23,30,32H,10-11,18-19,22,24-25H2,1H3,(H,35,39)/t32-/m1/s1. The van der Waals surface area contributed by atoms with E-state index in [2.05, 4.69) is 5.32 Å². The number of nitrogens with zero attached hydrogens (tertiary/aromatic N) is 2. The summed E-state index contributed by atoms with van der Waals surface area (Å²) in [5.74, 6) is -0.650. The number of fused-ring (bicyclic) bond motifs is 1. The molecule has 0 aliphatic heterocycles. The number of likely N-dealkylation sites (N-methyl/N-ethyl adjacent to an activating group) is 1. The van der Waals surface area contributed by atoms with Crippen LogP contribution in [0.4, 0.5) is 0 Å². The largest absolute Gasteiger partial charge is 0.352 e. The summed E-state index contributed by atoms with van der Waals surface area (Å²) in [6, 6.07) is 30.9. The Morgan fingerprint density at radius 2 is 1.40 bits per heavy atom. The molecule has 0 bridgehead atoms. The Balaban J connectivity index is 1.44. The van der Waals surface area contributed by atoms with Crippen LogP contribution in [0.25, 0.3) is 10.8 Å². The Kier molecular flexibility index (Phi) is 9.35. The van der Waals surface area contributed by atoms with Crippen LogP contribution in [0.1, 0.15) is 36.8 Å². The van der Waals surface area contributed by atoms with Gasteiger partial charge in [0.15, 0.2) is 0 Å². The predicted molar refractivity (Wildman–Crippen MR) is 165 cm³/mol. The Hall–Kier alpha value is -4.01. The second kappa shape index (κ2) is 13.3. The van der Waals surface area contributed by atoms with Gasteiger partial charge in [0, 0.05) is 26.1 Å². The van der Waals surface area contributed by atoms with Gasteiger partial charge in [0.05, 0.1) is 11.4 Å². The normalized spacial score (nSPS) is 14.6. The van der Waals surface area contributed by atoms with Crippen LogP contribution < -0.4 is 5.32 Å². The van der Waals surface area contributed by atoms with E-state index in [1.54, 1.807) is 23.1 Å². The molecule has 0 heterocycles. The maximum absolute atomic E-state index is 14.1. The van der Waals surface area contributed by atoms with Crippen LogP contribution in [0.3, 0.4) is 0 Å². The Bertz CT molecular complexity index is 1620. The monoisotopic (exact) mass is 583 g/mol. The molecule has 1 atom stereocenters. The Labute approximate surface area is 248 Å². The third-order valence-corrected chi connectivity index (χ3v) is 9.75. The average molecular weight is 584 g/mol. The summed E-state index contributed by atoms with van der Waals surface area (Å²) in [6.45, 7) is -0.219. The van der Waals surface area contributed by atoms with Crippen molar-refractivity contribution in [2.45, 2.75) is 55.6 Å². The minimum atomic E-state index is -3.97. The van der Waals surface area contributed by atoms with Crippen molar-refractivity contribution < 1.29 is 18.0 Å². The number of sulfonamides is 1. The molecule has 4 aromatic carbocycles. The highest BCUT2D eigenvalue weighted by Crippen LogP contribution is 2.23. The summed E-state index contributed by atoms with van der Waals surface area (Å²) in [7, 11) is -2.56. The molecule has 8 heteroatoms. The molecule has 1 N–H and O–H groups in total. The second-order valence-corrected chi connectivity index (χ2v) is 13.0. The Morgan fingerprint density at radius 3 is 2.07 bits per heavy atom. The number of benzene rings is 4. The molecule has 4 aromatic rings. The number of hydrogen-bond acceptors (Lipinski definition) is 4. The average Bonchev–Trinajstić information content (AvgIpc) is 3.52. The van der Waals surface area contributed by atoms with Crippen LogP contribution in [-0.2, 0) is 32.6 Å². The molecule has 0 unspecified atom stereocenters. The quantitative estimate of drug-likeness (QED) is 0.264. The zero-order valence-corrected chi connectivity index (χ0v) is 24.7. The van der Waals surface area contributed by atoms with Gasteiger partial charge in [0.25, 0.3) is 0 Å². The van der Waals surface area contributed by atoms with Crippen molar-refractivity contribution in [3.05, 3.63) is 114 Å². The van der Waals surface area contributed by atoms with Gasteiger partial charge in [-0.3, -0.25) is 9.59 Å². The number of hydrogen-bond donors (Lipinski definition) is 1. The van der Waals surface area contributed by atoms with Gasteiger partial charge in [-0.15, -0.1) is 0 Å². The van der Waals surface area contributed by atoms with Crippen molar-refractivity contribution in [2.24, 2.45) is 0 Å². The molecule has 1 fully saturated rings. The van der Waals surface area contributed by atoms with E-state index in [1.165, 1.54) is 7.05 Å². The molecule has 42 heavy (non-hydrogen) atoms. The van der Waals surface area contributed by atoms with Gasteiger partial charge in [0.1, 0.15) is 6.04 Å². The topological polar surface area (TPSA) is 86.8 Å². The molecule has 218 valence electrons. The van der Waals surface area contributed by atoms with E-state index >= 15 is 0 Å². The van der Waals surface area contributed by atoms with Crippen LogP contribution in [0.5, 0.6) is 0 Å². The lowest BCUT2D eigenvalue weighted by molar-refractivity contribution is -0.141. The first-order valence-electron chi connectivity index (χ1n) is 14.4. The fourth-order valence-electron chi connectivity index (χ4n) is 5.58. The fourth-order valence-corrected chi connectivity index (χ4v) is 6.73. The van der Waals surface area contributed by atoms with Crippen molar-refractivity contribution in [1.82, 2.24) is 14.5 Å². The van der Waals surface area contributed by atoms with Crippen molar-refractivity contribution in [3.63, 3.8) is 0 Å². The van der Waals surface area contributed by atoms with E-state index in [-0.39, 0.29) is 23.4 Å². The lowest BCUT2D eigenvalue weighted by atomic mass is 10.0. The first-order valence-corrected chi connectivity index (χ1v) is 15.9. The highest BCUT2D eigenvalue weighted by atomic mass is 32.2. The van der Waals surface area contributed by atoms with Crippen molar-refractivity contribution in [3.8, 4) is 0 Å². The van der Waals surface area contributed by atoms with Crippen LogP contribution in [0.15, 0.2) is 108 Å². The molecule has 1 saturated carbocycles. The SMILES string of the molecule is CN(CC(=O)N(Cc1ccccc1)[C@H](Cc1ccccc1)C(=O)NC1CCCC1)S(=O)(=O)c1ccc2ccccc2c1. The highest BCUT2D eigenvalue weighted by Gasteiger charge is 2.34. The summed E-state index contributed by atoms with van der Waals surface area (Å²) in [4.78, 5) is 29.6. The molecular weight excluding hydrogens is 546 g/mol. The smallest absolute Gasteiger partial charge is 0.243 e. The highest BCUT2D eigenvalue weighted by molar-refractivity contribution is 7.89. The van der Waals surface area contributed by atoms with Crippen molar-refractivity contribution in [2.75, 3.05) is 13.6 Å². The molecule has 0 radical (unpaired) electrons. The molecule has 1 aliphatic carbocycles. The summed E-state index contributed by atoms with van der Waals surface area (Å²) in [5.41, 5.74) is 1.78. The molecular formula is C34H37N3O4S. The van der Waals surface area contributed by atoms with Gasteiger partial charge < -0.3 is 10.2 Å². The summed E-state index contributed by atoms with van der Waals surface area (Å²) >= 11 is 0. The van der Waals surface area contributed by atoms with E-state index in [1.807, 2.05) is 84.9 Å². The van der Waals surface area contributed by atoms with E-state index < -0.39 is 28.5 Å². The van der Waals surface area contributed by atoms with Crippen LogP contribution in [0, 0.1) is 0 Å². The first-order chi connectivity index (χ1) is 20.3. The van der Waals surface area contributed by atoms with Gasteiger partial charge >= 0.3 is 0 Å². The van der Waals surface area contributed by atoms with E-state index in [9.17, 15) is 18.0 Å². The minimum Gasteiger partial charge on any atom is -0.352 e. The van der Waals surface area contributed by atoms with Gasteiger partial charge in [0.2, 0.25) is 21.8 Å². The zero-order valence-electron chi connectivity index (χ0n) is 23.9. The number of amides is 2. The van der Waals surface area contributed by atoms with Crippen molar-refractivity contribution in [1.29, 1.82) is 0 Å². The van der Waals surface area contributed by atoms with E-state index in [0.29, 0.717) is 6.42 Å². The van der Waals surface area contributed by atoms with Gasteiger partial charge in [-0.25, -0.2) is 8.42 Å². The summed E-state index contributed by atoms with van der Waals surface area (Å²) < 4.78 is 28.3. The molecule has 0 aromatic heterocycles. The van der Waals surface area contributed by atoms with E-state index in [4.69, 9.17) is 0 Å². The van der Waals surface area contributed by atoms with E-state index in [0.717, 1.165) is 51.9 Å². The molecule has 7 nitrogen and oxygen atoms in total. The third kappa shape index (κ3) is 7.06. The second-order valence-electron chi connectivity index (χ2n) is 11.0. The number of nitrogens with one attached hydrogen (secondary N) is 1. The fraction of sp³-hybridized carbons (Fsp3) is 0.294. The lowest BCUT2D eigenvalue weighted by Crippen LogP contribution is -2.54. The molecule has 2 amide bonds.